The minimum absolute atomic E-state index is 0.137. The third-order valence-electron chi connectivity index (χ3n) is 2.91. The summed E-state index contributed by atoms with van der Waals surface area (Å²) in [4.78, 5) is 60.3. The predicted octanol–water partition coefficient (Wildman–Crippen LogP) is -0.714. The number of carbonyl (C=O) groups excluding carboxylic acids is 4. The molecule has 0 radical (unpaired) electrons. The molecule has 9 heteroatoms. The van der Waals surface area contributed by atoms with Crippen LogP contribution in [0, 0.1) is 0 Å². The van der Waals surface area contributed by atoms with Crippen molar-refractivity contribution in [2.75, 3.05) is 26.2 Å². The zero-order valence-electron chi connectivity index (χ0n) is 12.2. The van der Waals surface area contributed by atoms with Gasteiger partial charge in [-0.3, -0.25) is 24.1 Å². The third-order valence-corrected chi connectivity index (χ3v) is 2.91. The Morgan fingerprint density at radius 3 is 2.32 bits per heavy atom. The molecule has 1 N–H and O–H groups in total. The summed E-state index contributed by atoms with van der Waals surface area (Å²) in [5.74, 6) is -4.05. The monoisotopic (exact) mass is 311 g/mol. The Hall–Kier alpha value is -2.71. The molecule has 9 nitrogen and oxygen atoms in total. The topological polar surface area (TPSA) is 115 Å². The van der Waals surface area contributed by atoms with E-state index in [9.17, 15) is 24.0 Å². The molecule has 1 aliphatic rings. The van der Waals surface area contributed by atoms with Crippen molar-refractivity contribution < 1.29 is 29.1 Å². The molecular formula is C13H17N3O6. The quantitative estimate of drug-likeness (QED) is 0.359. The van der Waals surface area contributed by atoms with Gasteiger partial charge in [-0.2, -0.15) is 0 Å². The van der Waals surface area contributed by atoms with Crippen molar-refractivity contribution in [3.8, 4) is 0 Å². The van der Waals surface area contributed by atoms with E-state index < -0.39 is 42.8 Å². The van der Waals surface area contributed by atoms with Crippen LogP contribution in [0.2, 0.25) is 0 Å². The first-order valence-corrected chi connectivity index (χ1v) is 6.61. The summed E-state index contributed by atoms with van der Waals surface area (Å²) < 4.78 is 0. The highest BCUT2D eigenvalue weighted by Crippen LogP contribution is 2.12. The van der Waals surface area contributed by atoms with Crippen LogP contribution in [0.4, 0.5) is 4.79 Å². The number of rotatable bonds is 8. The largest absolute Gasteiger partial charge is 0.480 e. The summed E-state index contributed by atoms with van der Waals surface area (Å²) in [7, 11) is 0. The molecule has 1 saturated heterocycles. The van der Waals surface area contributed by atoms with E-state index >= 15 is 0 Å². The normalized spacial score (nSPS) is 14.5. The molecule has 1 aliphatic heterocycles. The molecule has 1 heterocycles. The number of urea groups is 1. The second-order valence-electron chi connectivity index (χ2n) is 4.59. The van der Waals surface area contributed by atoms with Gasteiger partial charge in [-0.15, -0.1) is 6.58 Å². The van der Waals surface area contributed by atoms with Gasteiger partial charge in [0.25, 0.3) is 0 Å². The Balaban J connectivity index is 2.83. The lowest BCUT2D eigenvalue weighted by Gasteiger charge is -2.22. The van der Waals surface area contributed by atoms with Crippen molar-refractivity contribution >= 4 is 29.7 Å². The molecule has 0 atom stereocenters. The lowest BCUT2D eigenvalue weighted by Crippen LogP contribution is -2.45. The smallest absolute Gasteiger partial charge is 0.335 e. The minimum Gasteiger partial charge on any atom is -0.480 e. The van der Waals surface area contributed by atoms with E-state index in [0.717, 1.165) is 4.90 Å². The van der Waals surface area contributed by atoms with Crippen LogP contribution in [-0.2, 0) is 19.2 Å². The molecule has 0 unspecified atom stereocenters. The SMILES string of the molecule is C=CCN1C(=O)C(=O)N(CC(=O)N(CCC)CC(=O)O)C1=O. The second-order valence-corrected chi connectivity index (χ2v) is 4.59. The van der Waals surface area contributed by atoms with Crippen molar-refractivity contribution in [1.82, 2.24) is 14.7 Å². The van der Waals surface area contributed by atoms with E-state index in [1.165, 1.54) is 6.08 Å². The van der Waals surface area contributed by atoms with E-state index in [0.29, 0.717) is 16.2 Å². The van der Waals surface area contributed by atoms with Crippen molar-refractivity contribution in [2.24, 2.45) is 0 Å². The van der Waals surface area contributed by atoms with Crippen LogP contribution in [0.3, 0.4) is 0 Å². The van der Waals surface area contributed by atoms with Crippen LogP contribution in [0.5, 0.6) is 0 Å². The molecule has 1 rings (SSSR count). The molecule has 0 aromatic carbocycles. The van der Waals surface area contributed by atoms with Crippen molar-refractivity contribution in [3.05, 3.63) is 12.7 Å². The number of amides is 5. The lowest BCUT2D eigenvalue weighted by molar-refractivity contribution is -0.147. The first-order chi connectivity index (χ1) is 10.3. The summed E-state index contributed by atoms with van der Waals surface area (Å²) in [6.07, 6.45) is 1.80. The van der Waals surface area contributed by atoms with Crippen molar-refractivity contribution in [1.29, 1.82) is 0 Å². The molecule has 1 fully saturated rings. The Labute approximate surface area is 126 Å². The lowest BCUT2D eigenvalue weighted by atomic mass is 10.3. The Bertz CT molecular complexity index is 530. The molecule has 0 aromatic rings. The zero-order chi connectivity index (χ0) is 16.9. The van der Waals surface area contributed by atoms with Crippen molar-refractivity contribution in [3.63, 3.8) is 0 Å². The highest BCUT2D eigenvalue weighted by atomic mass is 16.4. The van der Waals surface area contributed by atoms with Crippen LogP contribution in [0.1, 0.15) is 13.3 Å². The average Bonchev–Trinajstić information content (AvgIpc) is 2.64. The van der Waals surface area contributed by atoms with Gasteiger partial charge in [0.15, 0.2) is 0 Å². The summed E-state index contributed by atoms with van der Waals surface area (Å²) >= 11 is 0. The number of imide groups is 2. The standard InChI is InChI=1S/C13H17N3O6/c1-3-5-14(8-10(18)19)9(17)7-16-12(21)11(20)15(6-4-2)13(16)22/h4H,2-3,5-8H2,1H3,(H,18,19). The van der Waals surface area contributed by atoms with Crippen LogP contribution in [-0.4, -0.2) is 75.7 Å². The average molecular weight is 311 g/mol. The van der Waals surface area contributed by atoms with E-state index in [2.05, 4.69) is 6.58 Å². The highest BCUT2D eigenvalue weighted by Gasteiger charge is 2.45. The minimum atomic E-state index is -1.20. The Morgan fingerprint density at radius 1 is 1.23 bits per heavy atom. The van der Waals surface area contributed by atoms with Gasteiger partial charge < -0.3 is 10.0 Å². The summed E-state index contributed by atoms with van der Waals surface area (Å²) in [5, 5.41) is 8.76. The predicted molar refractivity (Wildman–Crippen MR) is 73.5 cm³/mol. The fourth-order valence-electron chi connectivity index (χ4n) is 1.94. The van der Waals surface area contributed by atoms with Crippen LogP contribution < -0.4 is 0 Å². The third kappa shape index (κ3) is 3.68. The maximum Gasteiger partial charge on any atom is 0.335 e. The summed E-state index contributed by atoms with van der Waals surface area (Å²) in [6, 6.07) is -0.907. The number of carboxylic acids is 1. The van der Waals surface area contributed by atoms with Crippen LogP contribution >= 0.6 is 0 Å². The Kier molecular flexibility index (Phi) is 5.79. The maximum atomic E-state index is 12.1. The first-order valence-electron chi connectivity index (χ1n) is 6.61. The molecule has 120 valence electrons. The van der Waals surface area contributed by atoms with Gasteiger partial charge in [0, 0.05) is 13.1 Å². The van der Waals surface area contributed by atoms with Gasteiger partial charge in [0.05, 0.1) is 0 Å². The fraction of sp³-hybridized carbons (Fsp3) is 0.462. The van der Waals surface area contributed by atoms with Gasteiger partial charge >= 0.3 is 23.8 Å². The second kappa shape index (κ2) is 7.34. The molecule has 0 spiro atoms. The molecule has 0 aromatic heterocycles. The van der Waals surface area contributed by atoms with Crippen LogP contribution in [0.25, 0.3) is 0 Å². The number of hydrogen-bond donors (Lipinski definition) is 1. The molecule has 22 heavy (non-hydrogen) atoms. The van der Waals surface area contributed by atoms with Crippen LogP contribution in [0.15, 0.2) is 12.7 Å². The number of aliphatic carboxylic acids is 1. The van der Waals surface area contributed by atoms with Crippen molar-refractivity contribution in [2.45, 2.75) is 13.3 Å². The Morgan fingerprint density at radius 2 is 1.82 bits per heavy atom. The highest BCUT2D eigenvalue weighted by molar-refractivity contribution is 6.45. The van der Waals surface area contributed by atoms with E-state index in [4.69, 9.17) is 5.11 Å². The number of hydrogen-bond acceptors (Lipinski definition) is 5. The molecular weight excluding hydrogens is 294 g/mol. The molecule has 0 saturated carbocycles. The van der Waals surface area contributed by atoms with E-state index in [-0.39, 0.29) is 13.1 Å². The number of carbonyl (C=O) groups is 5. The zero-order valence-corrected chi connectivity index (χ0v) is 12.2. The van der Waals surface area contributed by atoms with Gasteiger partial charge in [0.1, 0.15) is 13.1 Å². The number of nitrogens with zero attached hydrogens (tertiary/aromatic N) is 3. The number of carboxylic acid groups (broad SMARTS) is 1. The fourth-order valence-corrected chi connectivity index (χ4v) is 1.94. The maximum absolute atomic E-state index is 12.1. The van der Waals surface area contributed by atoms with E-state index in [1.54, 1.807) is 6.92 Å². The van der Waals surface area contributed by atoms with Gasteiger partial charge in [-0.1, -0.05) is 13.0 Å². The van der Waals surface area contributed by atoms with Gasteiger partial charge in [0.2, 0.25) is 5.91 Å². The molecule has 0 bridgehead atoms. The first kappa shape index (κ1) is 17.3. The summed E-state index contributed by atoms with van der Waals surface area (Å²) in [5.41, 5.74) is 0. The summed E-state index contributed by atoms with van der Waals surface area (Å²) in [6.45, 7) is 3.96. The van der Waals surface area contributed by atoms with E-state index in [1.807, 2.05) is 0 Å². The van der Waals surface area contributed by atoms with Gasteiger partial charge in [-0.05, 0) is 6.42 Å². The van der Waals surface area contributed by atoms with Gasteiger partial charge in [-0.25, -0.2) is 9.69 Å². The molecule has 5 amide bonds. The molecule has 0 aliphatic carbocycles.